The Balaban J connectivity index is 0.993. The van der Waals surface area contributed by atoms with Gasteiger partial charge in [-0.3, -0.25) is 9.59 Å². The number of ether oxygens (including phenoxy) is 1. The smallest absolute Gasteiger partial charge is 0.410 e. The van der Waals surface area contributed by atoms with E-state index in [4.69, 9.17) is 14.7 Å². The van der Waals surface area contributed by atoms with Gasteiger partial charge < -0.3 is 34.2 Å². The second-order valence-corrected chi connectivity index (χ2v) is 18.8. The summed E-state index contributed by atoms with van der Waals surface area (Å²) in [5.74, 6) is 0.909. The molecule has 5 fully saturated rings. The van der Waals surface area contributed by atoms with Crippen molar-refractivity contribution in [3.8, 4) is 11.3 Å². The molecule has 9 rings (SSSR count). The van der Waals surface area contributed by atoms with Crippen LogP contribution in [0.2, 0.25) is 0 Å². The summed E-state index contributed by atoms with van der Waals surface area (Å²) in [7, 11) is 0. The van der Waals surface area contributed by atoms with Crippen LogP contribution in [-0.4, -0.2) is 110 Å². The number of hydrogen-bond donors (Lipinski definition) is 1. The number of carbonyl (C=O) groups excluding carboxylic acids is 3. The lowest BCUT2D eigenvalue weighted by atomic mass is 9.73. The third-order valence-electron chi connectivity index (χ3n) is 13.4. The molecule has 12 heteroatoms. The van der Waals surface area contributed by atoms with Crippen LogP contribution in [0.15, 0.2) is 30.6 Å². The maximum Gasteiger partial charge on any atom is 0.410 e. The van der Waals surface area contributed by atoms with Crippen LogP contribution in [0.5, 0.6) is 0 Å². The minimum absolute atomic E-state index is 0.0892. The Labute approximate surface area is 331 Å². The number of rotatable bonds is 7. The minimum Gasteiger partial charge on any atom is -0.444 e. The maximum absolute atomic E-state index is 15.1. The second kappa shape index (κ2) is 14.3. The first-order valence-corrected chi connectivity index (χ1v) is 21.5. The fraction of sp³-hybridized carbons (Fsp3) is 0.659. The van der Waals surface area contributed by atoms with Gasteiger partial charge >= 0.3 is 6.09 Å². The van der Waals surface area contributed by atoms with Crippen molar-refractivity contribution in [3.63, 3.8) is 0 Å². The van der Waals surface area contributed by atoms with E-state index in [2.05, 4.69) is 57.8 Å². The zero-order chi connectivity index (χ0) is 38.9. The normalized spacial score (nSPS) is 25.5. The van der Waals surface area contributed by atoms with Gasteiger partial charge in [0.25, 0.3) is 0 Å². The van der Waals surface area contributed by atoms with Crippen LogP contribution in [0, 0.1) is 5.92 Å². The summed E-state index contributed by atoms with van der Waals surface area (Å²) in [4.78, 5) is 60.5. The summed E-state index contributed by atoms with van der Waals surface area (Å²) in [6.45, 7) is 14.3. The molecule has 0 unspecified atom stereocenters. The first kappa shape index (κ1) is 37.4. The lowest BCUT2D eigenvalue weighted by molar-refractivity contribution is -0.140. The van der Waals surface area contributed by atoms with Gasteiger partial charge in [0.05, 0.1) is 28.9 Å². The third-order valence-corrected chi connectivity index (χ3v) is 13.4. The molecular weight excluding hydrogens is 705 g/mol. The molecule has 2 aromatic heterocycles. The molecule has 1 spiro atoms. The van der Waals surface area contributed by atoms with Gasteiger partial charge in [0.1, 0.15) is 11.1 Å². The number of fused-ring (bicyclic) bond motifs is 3. The van der Waals surface area contributed by atoms with Gasteiger partial charge in [0, 0.05) is 61.6 Å². The summed E-state index contributed by atoms with van der Waals surface area (Å²) in [5, 5.41) is 3.69. The standard InChI is InChI=1S/C44H60N8O4/c1-28(2)51-27-45-36-25-35(47-39(38(36)51)46-31-12-13-31)29-11-14-34-37(22-29)52(33-23-32(24-33)48-17-7-6-8-18-48)41(54)44(34)15-20-49(21-16-44)40(53)30-10-9-19-50(26-30)42(55)56-43(3,4)5/h11,14,22,25,27-28,30-33H,6-10,12-13,15-21,23-24,26H2,1-5H3,(H,46,47)/t30-,32?,33?/m0/s1. The van der Waals surface area contributed by atoms with Gasteiger partial charge in [-0.05, 0) is 130 Å². The number of imidazole rings is 1. The molecule has 3 aromatic rings. The van der Waals surface area contributed by atoms with E-state index < -0.39 is 11.0 Å². The van der Waals surface area contributed by atoms with Gasteiger partial charge in [0.15, 0.2) is 5.82 Å². The average Bonchev–Trinajstić information content (AvgIpc) is 3.83. The average molecular weight is 765 g/mol. The number of pyridine rings is 1. The van der Waals surface area contributed by atoms with Crippen LogP contribution in [0.4, 0.5) is 16.3 Å². The number of carbonyl (C=O) groups is 3. The predicted molar refractivity (Wildman–Crippen MR) is 218 cm³/mol. The molecule has 56 heavy (non-hydrogen) atoms. The number of benzene rings is 1. The fourth-order valence-electron chi connectivity index (χ4n) is 10.1. The van der Waals surface area contributed by atoms with Crippen molar-refractivity contribution in [1.82, 2.24) is 29.2 Å². The van der Waals surface area contributed by atoms with Gasteiger partial charge in [-0.15, -0.1) is 0 Å². The van der Waals surface area contributed by atoms with Gasteiger partial charge in [-0.1, -0.05) is 18.6 Å². The molecule has 12 nitrogen and oxygen atoms in total. The summed E-state index contributed by atoms with van der Waals surface area (Å²) < 4.78 is 7.83. The van der Waals surface area contributed by atoms with E-state index in [1.807, 2.05) is 32.0 Å². The highest BCUT2D eigenvalue weighted by atomic mass is 16.6. The summed E-state index contributed by atoms with van der Waals surface area (Å²) in [6, 6.07) is 10.0. The summed E-state index contributed by atoms with van der Waals surface area (Å²) >= 11 is 0. The first-order valence-electron chi connectivity index (χ1n) is 21.5. The maximum atomic E-state index is 15.1. The number of nitrogens with one attached hydrogen (secondary N) is 1. The lowest BCUT2D eigenvalue weighted by Gasteiger charge is -2.48. The van der Waals surface area contributed by atoms with E-state index in [0.29, 0.717) is 51.1 Å². The molecule has 0 radical (unpaired) electrons. The molecule has 300 valence electrons. The molecule has 3 amide bonds. The molecule has 6 aliphatic rings. The van der Waals surface area contributed by atoms with Crippen LogP contribution in [0.3, 0.4) is 0 Å². The first-order chi connectivity index (χ1) is 26.9. The van der Waals surface area contributed by atoms with Crippen molar-refractivity contribution < 1.29 is 19.1 Å². The minimum atomic E-state index is -0.665. The summed E-state index contributed by atoms with van der Waals surface area (Å²) in [6.07, 6.45) is 12.4. The van der Waals surface area contributed by atoms with Crippen LogP contribution >= 0.6 is 0 Å². The summed E-state index contributed by atoms with van der Waals surface area (Å²) in [5.41, 5.74) is 4.67. The topological polar surface area (TPSA) is 116 Å². The number of aromatic nitrogens is 3. The molecule has 2 saturated carbocycles. The van der Waals surface area contributed by atoms with Crippen molar-refractivity contribution in [1.29, 1.82) is 0 Å². The SMILES string of the molecule is CC(C)n1cnc2cc(-c3ccc4c(c3)N(C3CC(N5CCCCC5)C3)C(=O)C43CCN(C(=O)[C@H]4CCCN(C(=O)OC(C)(C)C)C4)CC3)nc(NC3CC3)c21. The Morgan fingerprint density at radius 1 is 0.911 bits per heavy atom. The molecule has 4 aliphatic heterocycles. The Kier molecular flexibility index (Phi) is 9.56. The number of nitrogens with zero attached hydrogens (tertiary/aromatic N) is 7. The Bertz CT molecular complexity index is 1990. The van der Waals surface area contributed by atoms with Crippen LogP contribution in [0.1, 0.15) is 117 Å². The fourth-order valence-corrected chi connectivity index (χ4v) is 10.1. The molecule has 1 atom stereocenters. The van der Waals surface area contributed by atoms with Crippen molar-refractivity contribution in [3.05, 3.63) is 36.2 Å². The van der Waals surface area contributed by atoms with Crippen LogP contribution < -0.4 is 10.2 Å². The largest absolute Gasteiger partial charge is 0.444 e. The van der Waals surface area contributed by atoms with E-state index in [0.717, 1.165) is 91.0 Å². The zero-order valence-electron chi connectivity index (χ0n) is 34.1. The van der Waals surface area contributed by atoms with Gasteiger partial charge in [-0.25, -0.2) is 14.8 Å². The number of amides is 3. The van der Waals surface area contributed by atoms with Crippen LogP contribution in [0.25, 0.3) is 22.3 Å². The lowest BCUT2D eigenvalue weighted by Crippen LogP contribution is -2.58. The van der Waals surface area contributed by atoms with Gasteiger partial charge in [0.2, 0.25) is 11.8 Å². The van der Waals surface area contributed by atoms with Crippen molar-refractivity contribution in [2.45, 2.75) is 140 Å². The predicted octanol–water partition coefficient (Wildman–Crippen LogP) is 7.12. The van der Waals surface area contributed by atoms with E-state index in [-0.39, 0.29) is 35.9 Å². The number of piperidine rings is 3. The Morgan fingerprint density at radius 3 is 2.36 bits per heavy atom. The zero-order valence-corrected chi connectivity index (χ0v) is 34.1. The van der Waals surface area contributed by atoms with E-state index >= 15 is 4.79 Å². The van der Waals surface area contributed by atoms with Crippen LogP contribution in [-0.2, 0) is 19.7 Å². The number of likely N-dealkylation sites (tertiary alicyclic amines) is 3. The molecule has 6 heterocycles. The Morgan fingerprint density at radius 2 is 1.66 bits per heavy atom. The highest BCUT2D eigenvalue weighted by Gasteiger charge is 2.56. The Hall–Kier alpha value is -4.19. The van der Waals surface area contributed by atoms with E-state index in [1.165, 1.54) is 19.3 Å². The highest BCUT2D eigenvalue weighted by Crippen LogP contribution is 2.52. The third kappa shape index (κ3) is 6.83. The van der Waals surface area contributed by atoms with Crippen molar-refractivity contribution in [2.75, 3.05) is 49.5 Å². The van der Waals surface area contributed by atoms with Crippen molar-refractivity contribution in [2.24, 2.45) is 5.92 Å². The highest BCUT2D eigenvalue weighted by molar-refractivity contribution is 6.09. The number of hydrogen-bond acceptors (Lipinski definition) is 8. The molecule has 1 N–H and O–H groups in total. The van der Waals surface area contributed by atoms with Gasteiger partial charge in [-0.2, -0.15) is 0 Å². The monoisotopic (exact) mass is 764 g/mol. The molecule has 0 bridgehead atoms. The number of anilines is 2. The quantitative estimate of drug-likeness (QED) is 0.271. The second-order valence-electron chi connectivity index (χ2n) is 18.8. The van der Waals surface area contributed by atoms with Crippen molar-refractivity contribution >= 4 is 40.4 Å². The molecule has 3 saturated heterocycles. The molecule has 2 aliphatic carbocycles. The van der Waals surface area contributed by atoms with E-state index in [9.17, 15) is 9.59 Å². The van der Waals surface area contributed by atoms with E-state index in [1.54, 1.807) is 4.90 Å². The molecule has 1 aromatic carbocycles. The molecular formula is C44H60N8O4.